The van der Waals surface area contributed by atoms with Crippen molar-refractivity contribution in [2.75, 3.05) is 41.7 Å². The van der Waals surface area contributed by atoms with Crippen molar-refractivity contribution in [2.45, 2.75) is 11.8 Å². The Hall–Kier alpha value is -3.83. The Morgan fingerprint density at radius 3 is 2.38 bits per heavy atom. The largest absolute Gasteiger partial charge is 0.378 e. The minimum atomic E-state index is -3.68. The van der Waals surface area contributed by atoms with Crippen molar-refractivity contribution >= 4 is 38.6 Å². The van der Waals surface area contributed by atoms with Gasteiger partial charge in [-0.1, -0.05) is 29.8 Å². The van der Waals surface area contributed by atoms with Gasteiger partial charge in [0.25, 0.3) is 10.0 Å². The van der Waals surface area contributed by atoms with Crippen molar-refractivity contribution in [3.05, 3.63) is 60.3 Å². The lowest BCUT2D eigenvalue weighted by Gasteiger charge is -2.28. The minimum absolute atomic E-state index is 0.140. The fourth-order valence-electron chi connectivity index (χ4n) is 3.68. The standard InChI is InChI=1S/C23H23N7O3S/c1-15-2-8-18(9-3-15)34(31,32)29-17-6-4-16(5-7-17)19-14-25-21-20(26-19)22(28-23(24)27-21)30-10-12-33-13-11-30/h2-9,14,29H,10-13H2,1H3,(H2,24,25,27,28). The molecule has 0 spiro atoms. The molecule has 34 heavy (non-hydrogen) atoms. The number of aryl methyl sites for hydroxylation is 1. The third kappa shape index (κ3) is 4.47. The van der Waals surface area contributed by atoms with E-state index in [2.05, 4.69) is 24.6 Å². The topological polar surface area (TPSA) is 136 Å². The summed E-state index contributed by atoms with van der Waals surface area (Å²) in [6.07, 6.45) is 1.61. The first kappa shape index (κ1) is 22.0. The van der Waals surface area contributed by atoms with Gasteiger partial charge in [-0.05, 0) is 31.2 Å². The first-order valence-electron chi connectivity index (χ1n) is 10.7. The van der Waals surface area contributed by atoms with Crippen LogP contribution in [0.25, 0.3) is 22.4 Å². The molecule has 10 nitrogen and oxygen atoms in total. The van der Waals surface area contributed by atoms with Gasteiger partial charge in [0, 0.05) is 24.3 Å². The second-order valence-electron chi connectivity index (χ2n) is 7.93. The number of nitrogens with two attached hydrogens (primary N) is 1. The smallest absolute Gasteiger partial charge is 0.261 e. The molecule has 0 amide bonds. The van der Waals surface area contributed by atoms with Crippen LogP contribution >= 0.6 is 0 Å². The fraction of sp³-hybridized carbons (Fsp3) is 0.217. The Labute approximate surface area is 196 Å². The third-order valence-corrected chi connectivity index (χ3v) is 6.88. The van der Waals surface area contributed by atoms with Gasteiger partial charge in [-0.2, -0.15) is 9.97 Å². The molecule has 2 aromatic heterocycles. The van der Waals surface area contributed by atoms with E-state index in [-0.39, 0.29) is 10.8 Å². The first-order chi connectivity index (χ1) is 16.4. The summed E-state index contributed by atoms with van der Waals surface area (Å²) in [4.78, 5) is 20.1. The molecule has 3 heterocycles. The molecule has 0 unspecified atom stereocenters. The van der Waals surface area contributed by atoms with Gasteiger partial charge in [0.1, 0.15) is 0 Å². The first-order valence-corrected chi connectivity index (χ1v) is 12.2. The van der Waals surface area contributed by atoms with E-state index < -0.39 is 10.0 Å². The number of hydrogen-bond donors (Lipinski definition) is 2. The van der Waals surface area contributed by atoms with E-state index in [9.17, 15) is 8.42 Å². The number of ether oxygens (including phenoxy) is 1. The van der Waals surface area contributed by atoms with Crippen LogP contribution in [0.15, 0.2) is 59.6 Å². The maximum atomic E-state index is 12.7. The molecule has 0 radical (unpaired) electrons. The predicted molar refractivity (Wildman–Crippen MR) is 130 cm³/mol. The molecule has 0 saturated carbocycles. The molecule has 0 atom stereocenters. The van der Waals surface area contributed by atoms with Gasteiger partial charge < -0.3 is 15.4 Å². The van der Waals surface area contributed by atoms with Crippen molar-refractivity contribution in [1.82, 2.24) is 19.9 Å². The normalized spacial score (nSPS) is 14.3. The minimum Gasteiger partial charge on any atom is -0.378 e. The third-order valence-electron chi connectivity index (χ3n) is 5.48. The van der Waals surface area contributed by atoms with Gasteiger partial charge in [0.05, 0.1) is 30.0 Å². The lowest BCUT2D eigenvalue weighted by molar-refractivity contribution is 0.122. The number of anilines is 3. The fourth-order valence-corrected chi connectivity index (χ4v) is 4.74. The highest BCUT2D eigenvalue weighted by atomic mass is 32.2. The van der Waals surface area contributed by atoms with Crippen LogP contribution in [0, 0.1) is 6.92 Å². The summed E-state index contributed by atoms with van der Waals surface area (Å²) in [6.45, 7) is 4.45. The lowest BCUT2D eigenvalue weighted by atomic mass is 10.1. The zero-order valence-electron chi connectivity index (χ0n) is 18.5. The molecule has 1 aliphatic rings. The summed E-state index contributed by atoms with van der Waals surface area (Å²) in [5.74, 6) is 0.767. The summed E-state index contributed by atoms with van der Waals surface area (Å²) in [5, 5.41) is 0. The monoisotopic (exact) mass is 477 g/mol. The van der Waals surface area contributed by atoms with E-state index in [4.69, 9.17) is 15.5 Å². The highest BCUT2D eigenvalue weighted by Gasteiger charge is 2.19. The summed E-state index contributed by atoms with van der Waals surface area (Å²) in [5.41, 5.74) is 9.69. The SMILES string of the molecule is Cc1ccc(S(=O)(=O)Nc2ccc(-c3cnc4nc(N)nc(N5CCOCC5)c4n3)cc2)cc1. The van der Waals surface area contributed by atoms with Crippen molar-refractivity contribution in [3.63, 3.8) is 0 Å². The molecule has 4 aromatic rings. The van der Waals surface area contributed by atoms with Crippen molar-refractivity contribution in [2.24, 2.45) is 0 Å². The molecule has 1 aliphatic heterocycles. The summed E-state index contributed by atoms with van der Waals surface area (Å²) >= 11 is 0. The van der Waals surface area contributed by atoms with Crippen LogP contribution < -0.4 is 15.4 Å². The van der Waals surface area contributed by atoms with E-state index in [1.807, 2.05) is 6.92 Å². The zero-order valence-corrected chi connectivity index (χ0v) is 19.3. The number of nitrogens with zero attached hydrogens (tertiary/aromatic N) is 5. The molecule has 1 fully saturated rings. The van der Waals surface area contributed by atoms with Gasteiger partial charge in [-0.25, -0.2) is 18.4 Å². The second kappa shape index (κ2) is 8.84. The number of nitrogen functional groups attached to an aromatic ring is 1. The Balaban J connectivity index is 1.43. The van der Waals surface area contributed by atoms with Gasteiger partial charge in [0.15, 0.2) is 17.0 Å². The number of benzene rings is 2. The number of morpholine rings is 1. The Bertz CT molecular complexity index is 1440. The quantitative estimate of drug-likeness (QED) is 0.444. The van der Waals surface area contributed by atoms with E-state index in [1.165, 1.54) is 0 Å². The number of aromatic nitrogens is 4. The lowest BCUT2D eigenvalue weighted by Crippen LogP contribution is -2.37. The van der Waals surface area contributed by atoms with Crippen molar-refractivity contribution in [1.29, 1.82) is 0 Å². The summed E-state index contributed by atoms with van der Waals surface area (Å²) in [7, 11) is -3.68. The average Bonchev–Trinajstić information content (AvgIpc) is 2.84. The Kier molecular flexibility index (Phi) is 5.72. The Morgan fingerprint density at radius 2 is 1.68 bits per heavy atom. The van der Waals surface area contributed by atoms with Crippen LogP contribution in [0.1, 0.15) is 5.56 Å². The number of sulfonamides is 1. The highest BCUT2D eigenvalue weighted by molar-refractivity contribution is 7.92. The number of rotatable bonds is 5. The van der Waals surface area contributed by atoms with E-state index in [0.29, 0.717) is 54.7 Å². The maximum Gasteiger partial charge on any atom is 0.261 e. The Morgan fingerprint density at radius 1 is 0.971 bits per heavy atom. The molecule has 3 N–H and O–H groups in total. The van der Waals surface area contributed by atoms with Crippen LogP contribution in [-0.4, -0.2) is 54.7 Å². The second-order valence-corrected chi connectivity index (χ2v) is 9.61. The molecular formula is C23H23N7O3S. The maximum absolute atomic E-state index is 12.7. The summed E-state index contributed by atoms with van der Waals surface area (Å²) < 4.78 is 33.4. The summed E-state index contributed by atoms with van der Waals surface area (Å²) in [6, 6.07) is 13.6. The van der Waals surface area contributed by atoms with Crippen LogP contribution in [0.2, 0.25) is 0 Å². The number of hydrogen-bond acceptors (Lipinski definition) is 9. The van der Waals surface area contributed by atoms with Gasteiger partial charge in [-0.15, -0.1) is 0 Å². The molecule has 1 saturated heterocycles. The zero-order chi connectivity index (χ0) is 23.7. The molecule has 5 rings (SSSR count). The molecular weight excluding hydrogens is 454 g/mol. The van der Waals surface area contributed by atoms with E-state index in [1.54, 1.807) is 54.7 Å². The highest BCUT2D eigenvalue weighted by Crippen LogP contribution is 2.27. The number of fused-ring (bicyclic) bond motifs is 1. The number of nitrogens with one attached hydrogen (secondary N) is 1. The molecule has 0 bridgehead atoms. The van der Waals surface area contributed by atoms with Crippen molar-refractivity contribution < 1.29 is 13.2 Å². The van der Waals surface area contributed by atoms with Crippen LogP contribution in [0.3, 0.4) is 0 Å². The average molecular weight is 478 g/mol. The molecule has 2 aromatic carbocycles. The van der Waals surface area contributed by atoms with E-state index in [0.717, 1.165) is 11.1 Å². The van der Waals surface area contributed by atoms with E-state index >= 15 is 0 Å². The van der Waals surface area contributed by atoms with Crippen LogP contribution in [0.5, 0.6) is 0 Å². The van der Waals surface area contributed by atoms with Crippen molar-refractivity contribution in [3.8, 4) is 11.3 Å². The van der Waals surface area contributed by atoms with Crippen LogP contribution in [-0.2, 0) is 14.8 Å². The predicted octanol–water partition coefficient (Wildman–Crippen LogP) is 2.61. The van der Waals surface area contributed by atoms with Gasteiger partial charge in [-0.3, -0.25) is 4.72 Å². The van der Waals surface area contributed by atoms with Gasteiger partial charge >= 0.3 is 0 Å². The molecule has 0 aliphatic carbocycles. The van der Waals surface area contributed by atoms with Crippen LogP contribution in [0.4, 0.5) is 17.5 Å². The molecule has 174 valence electrons. The van der Waals surface area contributed by atoms with Gasteiger partial charge in [0.2, 0.25) is 5.95 Å². The molecule has 11 heteroatoms.